The van der Waals surface area contributed by atoms with Crippen LogP contribution in [0.15, 0.2) is 18.3 Å². The number of aliphatic hydroxyl groups excluding tert-OH is 1. The fourth-order valence-electron chi connectivity index (χ4n) is 2.52. The zero-order valence-corrected chi connectivity index (χ0v) is 12.5. The number of halogens is 1. The van der Waals surface area contributed by atoms with Crippen LogP contribution >= 0.6 is 11.6 Å². The van der Waals surface area contributed by atoms with Crippen LogP contribution in [0.3, 0.4) is 0 Å². The Morgan fingerprint density at radius 3 is 2.85 bits per heavy atom. The van der Waals surface area contributed by atoms with E-state index in [1.807, 2.05) is 11.8 Å². The van der Waals surface area contributed by atoms with Gasteiger partial charge >= 0.3 is 0 Å². The smallest absolute Gasteiger partial charge is 0.272 e. The molecule has 1 fully saturated rings. The number of aromatic nitrogens is 1. The number of amides is 1. The number of piperazine rings is 1. The van der Waals surface area contributed by atoms with E-state index in [0.29, 0.717) is 23.8 Å². The zero-order chi connectivity index (χ0) is 14.7. The van der Waals surface area contributed by atoms with Crippen molar-refractivity contribution in [3.05, 3.63) is 29.0 Å². The van der Waals surface area contributed by atoms with Crippen LogP contribution in [-0.2, 0) is 0 Å². The topological polar surface area (TPSA) is 56.7 Å². The van der Waals surface area contributed by atoms with Crippen molar-refractivity contribution in [2.75, 3.05) is 26.2 Å². The minimum absolute atomic E-state index is 0.0640. The monoisotopic (exact) mass is 297 g/mol. The molecule has 1 aromatic heterocycles. The predicted molar refractivity (Wildman–Crippen MR) is 77.9 cm³/mol. The Balaban J connectivity index is 2.00. The summed E-state index contributed by atoms with van der Waals surface area (Å²) < 4.78 is 0. The van der Waals surface area contributed by atoms with Crippen LogP contribution in [0.25, 0.3) is 0 Å². The second-order valence-corrected chi connectivity index (χ2v) is 5.75. The van der Waals surface area contributed by atoms with Crippen molar-refractivity contribution in [3.63, 3.8) is 0 Å². The first-order valence-electron chi connectivity index (χ1n) is 6.80. The highest BCUT2D eigenvalue weighted by Crippen LogP contribution is 2.14. The zero-order valence-electron chi connectivity index (χ0n) is 11.8. The molecule has 0 radical (unpaired) electrons. The molecule has 1 aliphatic heterocycles. The van der Waals surface area contributed by atoms with Crippen molar-refractivity contribution < 1.29 is 9.90 Å². The number of pyridine rings is 1. The van der Waals surface area contributed by atoms with Crippen LogP contribution in [0.2, 0.25) is 5.02 Å². The number of β-amino-alcohol motifs (C(OH)–C–C–N with tert-alkyl or cyclic N) is 1. The van der Waals surface area contributed by atoms with Gasteiger partial charge in [-0.25, -0.2) is 4.98 Å². The van der Waals surface area contributed by atoms with E-state index in [2.05, 4.69) is 9.88 Å². The van der Waals surface area contributed by atoms with Crippen LogP contribution in [0.5, 0.6) is 0 Å². The summed E-state index contributed by atoms with van der Waals surface area (Å²) in [6, 6.07) is 3.43. The van der Waals surface area contributed by atoms with Gasteiger partial charge in [0.15, 0.2) is 0 Å². The number of hydrogen-bond acceptors (Lipinski definition) is 4. The van der Waals surface area contributed by atoms with Crippen LogP contribution in [0.4, 0.5) is 0 Å². The maximum absolute atomic E-state index is 12.4. The average Bonchev–Trinajstić information content (AvgIpc) is 2.38. The lowest BCUT2D eigenvalue weighted by atomic mass is 10.1. The van der Waals surface area contributed by atoms with Crippen molar-refractivity contribution in [1.82, 2.24) is 14.8 Å². The van der Waals surface area contributed by atoms with Crippen molar-refractivity contribution >= 4 is 17.5 Å². The summed E-state index contributed by atoms with van der Waals surface area (Å²) in [5.74, 6) is -0.0640. The molecule has 0 bridgehead atoms. The molecule has 1 aliphatic rings. The summed E-state index contributed by atoms with van der Waals surface area (Å²) in [5, 5.41) is 9.95. The van der Waals surface area contributed by atoms with E-state index in [4.69, 9.17) is 11.6 Å². The number of carbonyl (C=O) groups excluding carboxylic acids is 1. The molecule has 6 heteroatoms. The first kappa shape index (κ1) is 15.2. The molecule has 0 aliphatic carbocycles. The SMILES string of the molecule is CC(O)CN1CCN(C(=O)c2ccc(Cl)cn2)C(C)C1. The molecule has 0 aromatic carbocycles. The number of hydrogen-bond donors (Lipinski definition) is 1. The Hall–Kier alpha value is -1.17. The maximum Gasteiger partial charge on any atom is 0.272 e. The van der Waals surface area contributed by atoms with E-state index in [-0.39, 0.29) is 18.1 Å². The number of carbonyl (C=O) groups is 1. The molecule has 20 heavy (non-hydrogen) atoms. The van der Waals surface area contributed by atoms with Gasteiger partial charge in [0.25, 0.3) is 5.91 Å². The van der Waals surface area contributed by atoms with Gasteiger partial charge in [-0.05, 0) is 26.0 Å². The van der Waals surface area contributed by atoms with Crippen molar-refractivity contribution in [2.45, 2.75) is 26.0 Å². The summed E-state index contributed by atoms with van der Waals surface area (Å²) >= 11 is 5.78. The highest BCUT2D eigenvalue weighted by Gasteiger charge is 2.28. The molecule has 5 nitrogen and oxygen atoms in total. The molecule has 2 heterocycles. The van der Waals surface area contributed by atoms with Gasteiger partial charge in [0.2, 0.25) is 0 Å². The van der Waals surface area contributed by atoms with Gasteiger partial charge in [0.05, 0.1) is 11.1 Å². The number of nitrogens with zero attached hydrogens (tertiary/aromatic N) is 3. The Morgan fingerprint density at radius 2 is 2.30 bits per heavy atom. The molecule has 0 saturated carbocycles. The van der Waals surface area contributed by atoms with E-state index in [1.165, 1.54) is 6.20 Å². The summed E-state index contributed by atoms with van der Waals surface area (Å²) in [5.41, 5.74) is 0.422. The van der Waals surface area contributed by atoms with E-state index in [9.17, 15) is 9.90 Å². The van der Waals surface area contributed by atoms with Gasteiger partial charge in [-0.15, -0.1) is 0 Å². The largest absolute Gasteiger partial charge is 0.392 e. The van der Waals surface area contributed by atoms with Gasteiger partial charge in [0, 0.05) is 38.4 Å². The van der Waals surface area contributed by atoms with E-state index >= 15 is 0 Å². The van der Waals surface area contributed by atoms with Gasteiger partial charge < -0.3 is 10.0 Å². The quantitative estimate of drug-likeness (QED) is 0.913. The minimum Gasteiger partial charge on any atom is -0.392 e. The van der Waals surface area contributed by atoms with Gasteiger partial charge in [-0.1, -0.05) is 11.6 Å². The van der Waals surface area contributed by atoms with Crippen molar-refractivity contribution in [1.29, 1.82) is 0 Å². The van der Waals surface area contributed by atoms with Crippen LogP contribution in [0.1, 0.15) is 24.3 Å². The summed E-state index contributed by atoms with van der Waals surface area (Å²) in [6.45, 7) is 6.63. The standard InChI is InChI=1S/C14H20ClN3O2/c1-10-8-17(9-11(2)19)5-6-18(10)14(20)13-4-3-12(15)7-16-13/h3-4,7,10-11,19H,5-6,8-9H2,1-2H3. The van der Waals surface area contributed by atoms with Gasteiger partial charge in [-0.3, -0.25) is 9.69 Å². The van der Waals surface area contributed by atoms with Crippen molar-refractivity contribution in [2.24, 2.45) is 0 Å². The molecule has 1 amide bonds. The third-order valence-electron chi connectivity index (χ3n) is 3.44. The Kier molecular flexibility index (Phi) is 4.96. The van der Waals surface area contributed by atoms with Crippen LogP contribution < -0.4 is 0 Å². The number of rotatable bonds is 3. The molecular formula is C14H20ClN3O2. The van der Waals surface area contributed by atoms with Gasteiger partial charge in [-0.2, -0.15) is 0 Å². The molecule has 1 saturated heterocycles. The molecule has 2 rings (SSSR count). The fraction of sp³-hybridized carbons (Fsp3) is 0.571. The second kappa shape index (κ2) is 6.52. The van der Waals surface area contributed by atoms with Crippen LogP contribution in [0, 0.1) is 0 Å². The Bertz CT molecular complexity index is 464. The maximum atomic E-state index is 12.4. The lowest BCUT2D eigenvalue weighted by Gasteiger charge is -2.40. The molecule has 1 aromatic rings. The highest BCUT2D eigenvalue weighted by atomic mass is 35.5. The van der Waals surface area contributed by atoms with E-state index in [0.717, 1.165) is 13.1 Å². The van der Waals surface area contributed by atoms with E-state index in [1.54, 1.807) is 19.1 Å². The normalized spacial score (nSPS) is 21.8. The van der Waals surface area contributed by atoms with Crippen LogP contribution in [-0.4, -0.2) is 64.1 Å². The third kappa shape index (κ3) is 3.69. The number of aliphatic hydroxyl groups is 1. The molecular weight excluding hydrogens is 278 g/mol. The Morgan fingerprint density at radius 1 is 1.55 bits per heavy atom. The average molecular weight is 298 g/mol. The summed E-state index contributed by atoms with van der Waals surface area (Å²) in [6.07, 6.45) is 1.14. The predicted octanol–water partition coefficient (Wildman–Crippen LogP) is 1.26. The summed E-state index contributed by atoms with van der Waals surface area (Å²) in [4.78, 5) is 20.5. The molecule has 2 atom stereocenters. The van der Waals surface area contributed by atoms with E-state index < -0.39 is 0 Å². The lowest BCUT2D eigenvalue weighted by molar-refractivity contribution is 0.0378. The Labute approximate surface area is 124 Å². The second-order valence-electron chi connectivity index (χ2n) is 5.32. The molecule has 0 spiro atoms. The first-order chi connectivity index (χ1) is 9.47. The highest BCUT2D eigenvalue weighted by molar-refractivity contribution is 6.30. The van der Waals surface area contributed by atoms with Gasteiger partial charge in [0.1, 0.15) is 5.69 Å². The fourth-order valence-corrected chi connectivity index (χ4v) is 2.64. The summed E-state index contributed by atoms with van der Waals surface area (Å²) in [7, 11) is 0. The van der Waals surface area contributed by atoms with Crippen molar-refractivity contribution in [3.8, 4) is 0 Å². The molecule has 1 N–H and O–H groups in total. The lowest BCUT2D eigenvalue weighted by Crippen LogP contribution is -2.55. The third-order valence-corrected chi connectivity index (χ3v) is 3.66. The molecule has 110 valence electrons. The molecule has 2 unspecified atom stereocenters. The first-order valence-corrected chi connectivity index (χ1v) is 7.18. The minimum atomic E-state index is -0.345.